The first kappa shape index (κ1) is 58.8. The number of hydrogen-bond acceptors (Lipinski definition) is 14. The van der Waals surface area contributed by atoms with Crippen molar-refractivity contribution in [2.45, 2.75) is 0 Å². The summed E-state index contributed by atoms with van der Waals surface area (Å²) in [6.45, 7) is -0.331. The standard InChI is InChI=1S/C40H32NO8P3.C28H25NO6P2/c42-50(38-22-10-4-16-32(38)29-13-1-7-19-35(29)47-50)41(25-27-45-51(43)39-23-11-5-17-33(39)30-14-2-8-20-36(30)48-51)26-28-46-52(44)40-24-12-6-18-34(40)31-15-3-9-21-37(31)49-52;30-19-17-29(36(31)27-15-7-3-11-23(27)21-9-1-5-13-25(21)34-36)18-20-33-37(32)28-16-8-4-12-24(28)22-10-2-6-14-26(22)35-37/h1-24H,25-28H2;1-16,30H,17-20H2. The summed E-state index contributed by atoms with van der Waals surface area (Å²) in [6.07, 6.45) is 0. The van der Waals surface area contributed by atoms with Crippen molar-refractivity contribution in [3.63, 3.8) is 0 Å². The third-order valence-corrected chi connectivity index (χ3v) is 26.9. The maximum atomic E-state index is 15.4. The summed E-state index contributed by atoms with van der Waals surface area (Å²) in [7, 11) is -18.9. The second-order valence-electron chi connectivity index (χ2n) is 21.2. The number of hydrogen-bond donors (Lipinski definition) is 1. The van der Waals surface area contributed by atoms with Crippen LogP contribution in [0.3, 0.4) is 0 Å². The van der Waals surface area contributed by atoms with E-state index in [9.17, 15) is 23.4 Å². The Balaban J connectivity index is 0.000000165. The fraction of sp³-hybridized carbons (Fsp3) is 0.118. The predicted molar refractivity (Wildman–Crippen MR) is 347 cm³/mol. The number of aliphatic hydroxyl groups excluding tert-OH is 1. The number of rotatable bonds is 16. The summed E-state index contributed by atoms with van der Waals surface area (Å²) in [5.41, 5.74) is 8.13. The van der Waals surface area contributed by atoms with Crippen molar-refractivity contribution in [3.8, 4) is 84.4 Å². The highest BCUT2D eigenvalue weighted by molar-refractivity contribution is 7.66. The van der Waals surface area contributed by atoms with Gasteiger partial charge in [-0.05, 0) is 60.7 Å². The zero-order valence-electron chi connectivity index (χ0n) is 47.6. The average molecular weight is 1280 g/mol. The quantitative estimate of drug-likeness (QED) is 0.0900. The molecule has 0 bridgehead atoms. The molecule has 16 nitrogen and oxygen atoms in total. The first-order valence-electron chi connectivity index (χ1n) is 28.9. The smallest absolute Gasteiger partial charge is 0.411 e. The van der Waals surface area contributed by atoms with Crippen LogP contribution in [0.5, 0.6) is 28.7 Å². The molecule has 0 saturated heterocycles. The molecule has 10 aromatic rings. The lowest BCUT2D eigenvalue weighted by Crippen LogP contribution is -2.36. The van der Waals surface area contributed by atoms with Crippen LogP contribution in [0.4, 0.5) is 0 Å². The summed E-state index contributed by atoms with van der Waals surface area (Å²) in [6, 6.07) is 73.9. The summed E-state index contributed by atoms with van der Waals surface area (Å²) in [4.78, 5) is 0. The van der Waals surface area contributed by atoms with Gasteiger partial charge in [-0.1, -0.05) is 182 Å². The molecule has 5 unspecified atom stereocenters. The molecule has 448 valence electrons. The van der Waals surface area contributed by atoms with Crippen molar-refractivity contribution >= 4 is 64.3 Å². The van der Waals surface area contributed by atoms with Crippen LogP contribution in [-0.4, -0.2) is 67.1 Å². The molecule has 5 aliphatic heterocycles. The van der Waals surface area contributed by atoms with Gasteiger partial charge < -0.3 is 27.7 Å². The molecule has 0 amide bonds. The monoisotopic (exact) mass is 1280 g/mol. The molecule has 21 heteroatoms. The van der Waals surface area contributed by atoms with Gasteiger partial charge in [-0.3, -0.25) is 22.7 Å². The van der Waals surface area contributed by atoms with Gasteiger partial charge in [0.2, 0.25) is 0 Å². The second-order valence-corrected chi connectivity index (χ2v) is 31.5. The number of nitrogens with zero attached hydrogens (tertiary/aromatic N) is 2. The fourth-order valence-corrected chi connectivity index (χ4v) is 22.0. The predicted octanol–water partition coefficient (Wildman–Crippen LogP) is 14.5. The largest absolute Gasteiger partial charge is 0.429 e. The molecule has 0 aromatic heterocycles. The Morgan fingerprint density at radius 2 is 0.483 bits per heavy atom. The molecule has 5 heterocycles. The molecule has 89 heavy (non-hydrogen) atoms. The Labute approximate surface area is 514 Å². The van der Waals surface area contributed by atoms with Gasteiger partial charge in [0.1, 0.15) is 28.7 Å². The van der Waals surface area contributed by atoms with Crippen LogP contribution in [0, 0.1) is 0 Å². The summed E-state index contributed by atoms with van der Waals surface area (Å²) >= 11 is 0. The van der Waals surface area contributed by atoms with E-state index in [1.807, 2.05) is 164 Å². The Morgan fingerprint density at radius 3 is 0.764 bits per heavy atom. The third-order valence-electron chi connectivity index (χ3n) is 15.9. The normalized spacial score (nSPS) is 21.6. The topological polar surface area (TPSA) is 186 Å². The van der Waals surface area contributed by atoms with Crippen molar-refractivity contribution < 1.29 is 64.1 Å². The van der Waals surface area contributed by atoms with Crippen LogP contribution in [0.15, 0.2) is 243 Å². The highest BCUT2D eigenvalue weighted by Gasteiger charge is 2.46. The van der Waals surface area contributed by atoms with E-state index in [0.717, 1.165) is 55.6 Å². The minimum Gasteiger partial charge on any atom is -0.429 e. The van der Waals surface area contributed by atoms with E-state index >= 15 is 4.57 Å². The number of para-hydroxylation sites is 5. The first-order chi connectivity index (χ1) is 43.4. The molecular formula is C68H57N2O14P5. The van der Waals surface area contributed by atoms with Crippen molar-refractivity contribution in [2.75, 3.05) is 52.6 Å². The maximum Gasteiger partial charge on any atom is 0.411 e. The molecule has 1 N–H and O–H groups in total. The Kier molecular flexibility index (Phi) is 15.9. The molecule has 0 fully saturated rings. The van der Waals surface area contributed by atoms with Crippen molar-refractivity contribution in [2.24, 2.45) is 0 Å². The molecular weight excluding hydrogens is 1220 g/mol. The minimum atomic E-state index is -3.86. The summed E-state index contributed by atoms with van der Waals surface area (Å²) in [5.74, 6) is 2.40. The lowest BCUT2D eigenvalue weighted by molar-refractivity contribution is 0.209. The fourth-order valence-electron chi connectivity index (χ4n) is 11.8. The molecule has 15 rings (SSSR count). The molecule has 0 radical (unpaired) electrons. The SMILES string of the molecule is O=P1(OCCN(CCO)P2(=O)Oc3ccccc3-c3ccccc32)Oc2ccccc2-c2ccccc21.O=P1(OCCN(CCOP2(=O)Oc3ccccc3-c3ccccc32)P2(=O)Oc3ccccc3-c3ccccc32)Oc2ccccc2-c2ccccc21. The van der Waals surface area contributed by atoms with Crippen LogP contribution < -0.4 is 49.1 Å². The Hall–Kier alpha value is -7.89. The molecule has 0 spiro atoms. The van der Waals surface area contributed by atoms with Crippen LogP contribution >= 0.6 is 37.8 Å². The number of benzene rings is 10. The van der Waals surface area contributed by atoms with E-state index in [-0.39, 0.29) is 52.6 Å². The van der Waals surface area contributed by atoms with Crippen LogP contribution in [0.25, 0.3) is 55.6 Å². The van der Waals surface area contributed by atoms with Crippen LogP contribution in [0.2, 0.25) is 0 Å². The van der Waals surface area contributed by atoms with E-state index in [0.29, 0.717) is 55.3 Å². The van der Waals surface area contributed by atoms with E-state index in [2.05, 4.69) is 0 Å². The first-order valence-corrected chi connectivity index (χ1v) is 36.7. The van der Waals surface area contributed by atoms with Crippen LogP contribution in [0.1, 0.15) is 0 Å². The molecule has 0 saturated carbocycles. The van der Waals surface area contributed by atoms with Gasteiger partial charge in [-0.2, -0.15) is 0 Å². The van der Waals surface area contributed by atoms with Gasteiger partial charge in [-0.25, -0.2) is 23.0 Å². The van der Waals surface area contributed by atoms with Gasteiger partial charge in [-0.15, -0.1) is 0 Å². The Bertz CT molecular complexity index is 4520. The number of aliphatic hydroxyl groups is 1. The summed E-state index contributed by atoms with van der Waals surface area (Å²) < 4.78 is 125. The maximum absolute atomic E-state index is 15.4. The summed E-state index contributed by atoms with van der Waals surface area (Å²) in [5, 5.41) is 12.3. The van der Waals surface area contributed by atoms with E-state index < -0.39 is 37.8 Å². The third kappa shape index (κ3) is 10.8. The van der Waals surface area contributed by atoms with Gasteiger partial charge >= 0.3 is 37.8 Å². The average Bonchev–Trinajstić information content (AvgIpc) is 0.971. The van der Waals surface area contributed by atoms with E-state index in [4.69, 9.17) is 36.2 Å². The van der Waals surface area contributed by atoms with Crippen molar-refractivity contribution in [1.82, 2.24) is 9.34 Å². The zero-order valence-corrected chi connectivity index (χ0v) is 52.1. The second kappa shape index (κ2) is 24.1. The highest BCUT2D eigenvalue weighted by Crippen LogP contribution is 2.62. The van der Waals surface area contributed by atoms with Gasteiger partial charge in [0, 0.05) is 81.8 Å². The Morgan fingerprint density at radius 1 is 0.270 bits per heavy atom. The van der Waals surface area contributed by atoms with Gasteiger partial charge in [0.25, 0.3) is 0 Å². The highest BCUT2D eigenvalue weighted by atomic mass is 31.2. The molecule has 0 aliphatic carbocycles. The van der Waals surface area contributed by atoms with Crippen LogP contribution in [-0.2, 0) is 36.4 Å². The number of fused-ring (bicyclic) bond motifs is 15. The van der Waals surface area contributed by atoms with Crippen molar-refractivity contribution in [1.29, 1.82) is 0 Å². The molecule has 10 aromatic carbocycles. The zero-order chi connectivity index (χ0) is 60.8. The molecule has 5 atom stereocenters. The lowest BCUT2D eigenvalue weighted by Gasteiger charge is -2.36. The van der Waals surface area contributed by atoms with Gasteiger partial charge in [0.05, 0.1) is 53.0 Å². The van der Waals surface area contributed by atoms with Gasteiger partial charge in [0.15, 0.2) is 0 Å². The lowest BCUT2D eigenvalue weighted by atomic mass is 10.0. The van der Waals surface area contributed by atoms with E-state index in [1.54, 1.807) is 88.2 Å². The van der Waals surface area contributed by atoms with E-state index in [1.165, 1.54) is 0 Å². The van der Waals surface area contributed by atoms with Crippen molar-refractivity contribution in [3.05, 3.63) is 243 Å². The molecule has 5 aliphatic rings. The minimum absolute atomic E-state index is 0.0128.